The average molecular weight is 332 g/mol. The van der Waals surface area contributed by atoms with Gasteiger partial charge in [0.25, 0.3) is 0 Å². The van der Waals surface area contributed by atoms with Gasteiger partial charge < -0.3 is 15.0 Å². The summed E-state index contributed by atoms with van der Waals surface area (Å²) in [6.07, 6.45) is 5.96. The van der Waals surface area contributed by atoms with Crippen molar-refractivity contribution in [2.45, 2.75) is 45.4 Å². The van der Waals surface area contributed by atoms with Crippen molar-refractivity contribution in [3.63, 3.8) is 0 Å². The number of likely N-dealkylation sites (tertiary alicyclic amines) is 1. The average Bonchev–Trinajstić information content (AvgIpc) is 2.64. The van der Waals surface area contributed by atoms with E-state index in [1.165, 1.54) is 12.0 Å². The molecule has 0 aromatic heterocycles. The van der Waals surface area contributed by atoms with Gasteiger partial charge in [0.2, 0.25) is 5.91 Å². The van der Waals surface area contributed by atoms with E-state index < -0.39 is 0 Å². The Morgan fingerprint density at radius 3 is 2.58 bits per heavy atom. The maximum atomic E-state index is 12.4. The maximum Gasteiger partial charge on any atom is 0.222 e. The summed E-state index contributed by atoms with van der Waals surface area (Å²) < 4.78 is 5.59. The second kappa shape index (κ2) is 10.3. The molecule has 0 spiro atoms. The molecule has 24 heavy (non-hydrogen) atoms. The van der Waals surface area contributed by atoms with Crippen LogP contribution in [0.2, 0.25) is 0 Å². The number of nitrogens with zero attached hydrogens (tertiary/aromatic N) is 1. The molecule has 1 saturated heterocycles. The third kappa shape index (κ3) is 6.16. The molecule has 0 radical (unpaired) electrons. The van der Waals surface area contributed by atoms with Crippen molar-refractivity contribution in [2.75, 3.05) is 33.3 Å². The van der Waals surface area contributed by atoms with Gasteiger partial charge in [0.15, 0.2) is 0 Å². The lowest BCUT2D eigenvalue weighted by Gasteiger charge is -2.32. The zero-order valence-electron chi connectivity index (χ0n) is 15.2. The van der Waals surface area contributed by atoms with Crippen LogP contribution in [-0.4, -0.2) is 44.1 Å². The number of nitrogens with one attached hydrogen (secondary N) is 1. The van der Waals surface area contributed by atoms with E-state index >= 15 is 0 Å². The third-order valence-electron chi connectivity index (χ3n) is 4.79. The number of hydrogen-bond donors (Lipinski definition) is 1. The molecule has 1 N–H and O–H groups in total. The Kier molecular flexibility index (Phi) is 8.10. The van der Waals surface area contributed by atoms with Gasteiger partial charge in [0.1, 0.15) is 5.75 Å². The van der Waals surface area contributed by atoms with Crippen LogP contribution in [0.5, 0.6) is 5.75 Å². The van der Waals surface area contributed by atoms with Crippen LogP contribution >= 0.6 is 0 Å². The Hall–Kier alpha value is -1.55. The highest BCUT2D eigenvalue weighted by molar-refractivity contribution is 5.76. The van der Waals surface area contributed by atoms with E-state index in [1.54, 1.807) is 0 Å². The molecule has 1 amide bonds. The van der Waals surface area contributed by atoms with Gasteiger partial charge in [-0.1, -0.05) is 19.1 Å². The smallest absolute Gasteiger partial charge is 0.222 e. The molecule has 1 aromatic rings. The van der Waals surface area contributed by atoms with E-state index in [0.29, 0.717) is 12.3 Å². The second-order valence-corrected chi connectivity index (χ2v) is 6.71. The lowest BCUT2D eigenvalue weighted by molar-refractivity contribution is -0.132. The van der Waals surface area contributed by atoms with Crippen molar-refractivity contribution >= 4 is 5.91 Å². The molecule has 1 aliphatic rings. The summed E-state index contributed by atoms with van der Waals surface area (Å²) in [5.74, 6) is 1.99. The number of amides is 1. The Morgan fingerprint density at radius 1 is 1.25 bits per heavy atom. The van der Waals surface area contributed by atoms with E-state index in [1.807, 2.05) is 19.2 Å². The van der Waals surface area contributed by atoms with Gasteiger partial charge in [0, 0.05) is 19.5 Å². The molecule has 0 bridgehead atoms. The van der Waals surface area contributed by atoms with Crippen molar-refractivity contribution in [2.24, 2.45) is 5.92 Å². The minimum Gasteiger partial charge on any atom is -0.494 e. The van der Waals surface area contributed by atoms with E-state index in [-0.39, 0.29) is 0 Å². The summed E-state index contributed by atoms with van der Waals surface area (Å²) in [4.78, 5) is 14.4. The Bertz CT molecular complexity index is 479. The molecule has 0 aliphatic carbocycles. The monoisotopic (exact) mass is 332 g/mol. The van der Waals surface area contributed by atoms with Crippen LogP contribution in [-0.2, 0) is 11.2 Å². The molecule has 134 valence electrons. The predicted molar refractivity (Wildman–Crippen MR) is 98.4 cm³/mol. The third-order valence-corrected chi connectivity index (χ3v) is 4.79. The summed E-state index contributed by atoms with van der Waals surface area (Å²) >= 11 is 0. The van der Waals surface area contributed by atoms with Gasteiger partial charge in [0.05, 0.1) is 6.61 Å². The van der Waals surface area contributed by atoms with Crippen molar-refractivity contribution in [3.05, 3.63) is 29.8 Å². The number of hydrogen-bond acceptors (Lipinski definition) is 3. The number of carbonyl (C=O) groups is 1. The number of ether oxygens (including phenoxy) is 1. The van der Waals surface area contributed by atoms with Gasteiger partial charge in [-0.15, -0.1) is 0 Å². The SMILES string of the molecule is CCCOc1ccc(CCC(=O)N2CCC(CCNC)CC2)cc1. The van der Waals surface area contributed by atoms with E-state index in [0.717, 1.165) is 63.6 Å². The first-order valence-electron chi connectivity index (χ1n) is 9.37. The highest BCUT2D eigenvalue weighted by Crippen LogP contribution is 2.21. The molecule has 0 unspecified atom stereocenters. The second-order valence-electron chi connectivity index (χ2n) is 6.71. The number of benzene rings is 1. The van der Waals surface area contributed by atoms with Crippen LogP contribution in [0.25, 0.3) is 0 Å². The quantitative estimate of drug-likeness (QED) is 0.755. The molecule has 4 nitrogen and oxygen atoms in total. The molecule has 0 saturated carbocycles. The number of piperidine rings is 1. The van der Waals surface area contributed by atoms with E-state index in [4.69, 9.17) is 4.74 Å². The van der Waals surface area contributed by atoms with Crippen molar-refractivity contribution in [1.29, 1.82) is 0 Å². The van der Waals surface area contributed by atoms with Crippen LogP contribution in [0.1, 0.15) is 44.6 Å². The van der Waals surface area contributed by atoms with Gasteiger partial charge >= 0.3 is 0 Å². The first-order chi connectivity index (χ1) is 11.7. The largest absolute Gasteiger partial charge is 0.494 e. The van der Waals surface area contributed by atoms with Crippen LogP contribution < -0.4 is 10.1 Å². The lowest BCUT2D eigenvalue weighted by Crippen LogP contribution is -2.39. The first kappa shape index (κ1) is 18.8. The van der Waals surface area contributed by atoms with Crippen LogP contribution in [0.4, 0.5) is 0 Å². The Morgan fingerprint density at radius 2 is 1.96 bits per heavy atom. The molecule has 0 atom stereocenters. The summed E-state index contributed by atoms with van der Waals surface area (Å²) in [5.41, 5.74) is 1.20. The first-order valence-corrected chi connectivity index (χ1v) is 9.37. The highest BCUT2D eigenvalue weighted by atomic mass is 16.5. The number of carbonyl (C=O) groups excluding carboxylic acids is 1. The Balaban J connectivity index is 1.69. The van der Waals surface area contributed by atoms with Gasteiger partial charge in [-0.25, -0.2) is 0 Å². The molecular weight excluding hydrogens is 300 g/mol. The summed E-state index contributed by atoms with van der Waals surface area (Å²) in [5, 5.41) is 3.21. The van der Waals surface area contributed by atoms with Crippen molar-refractivity contribution in [1.82, 2.24) is 10.2 Å². The maximum absolute atomic E-state index is 12.4. The molecule has 1 heterocycles. The standard InChI is InChI=1S/C20H32N2O2/c1-3-16-24-19-7-4-17(5-8-19)6-9-20(23)22-14-11-18(12-15-22)10-13-21-2/h4-5,7-8,18,21H,3,6,9-16H2,1-2H3. The van der Waals surface area contributed by atoms with E-state index in [2.05, 4.69) is 29.3 Å². The molecule has 1 aromatic carbocycles. The summed E-state index contributed by atoms with van der Waals surface area (Å²) in [6.45, 7) is 5.79. The summed E-state index contributed by atoms with van der Waals surface area (Å²) in [7, 11) is 2.00. The minimum absolute atomic E-state index is 0.299. The highest BCUT2D eigenvalue weighted by Gasteiger charge is 2.22. The fraction of sp³-hybridized carbons (Fsp3) is 0.650. The molecule has 4 heteroatoms. The number of aryl methyl sites for hydroxylation is 1. The zero-order chi connectivity index (χ0) is 17.2. The van der Waals surface area contributed by atoms with Crippen LogP contribution in [0.15, 0.2) is 24.3 Å². The fourth-order valence-corrected chi connectivity index (χ4v) is 3.20. The molecule has 2 rings (SSSR count). The van der Waals surface area contributed by atoms with Crippen LogP contribution in [0, 0.1) is 5.92 Å². The van der Waals surface area contributed by atoms with Gasteiger partial charge in [-0.2, -0.15) is 0 Å². The predicted octanol–water partition coefficient (Wildman–Crippen LogP) is 3.26. The normalized spacial score (nSPS) is 15.5. The number of rotatable bonds is 9. The van der Waals surface area contributed by atoms with Crippen molar-refractivity contribution < 1.29 is 9.53 Å². The zero-order valence-corrected chi connectivity index (χ0v) is 15.2. The fourth-order valence-electron chi connectivity index (χ4n) is 3.20. The minimum atomic E-state index is 0.299. The molecule has 1 fully saturated rings. The lowest BCUT2D eigenvalue weighted by atomic mass is 9.93. The molecular formula is C20H32N2O2. The molecule has 1 aliphatic heterocycles. The van der Waals surface area contributed by atoms with Gasteiger partial charge in [-0.3, -0.25) is 4.79 Å². The van der Waals surface area contributed by atoms with Crippen molar-refractivity contribution in [3.8, 4) is 5.75 Å². The van der Waals surface area contributed by atoms with E-state index in [9.17, 15) is 4.79 Å². The summed E-state index contributed by atoms with van der Waals surface area (Å²) in [6, 6.07) is 8.15. The topological polar surface area (TPSA) is 41.6 Å². The van der Waals surface area contributed by atoms with Crippen LogP contribution in [0.3, 0.4) is 0 Å². The Labute approximate surface area is 146 Å². The van der Waals surface area contributed by atoms with Gasteiger partial charge in [-0.05, 0) is 69.3 Å².